The van der Waals surface area contributed by atoms with Crippen LogP contribution in [-0.4, -0.2) is 62.6 Å². The molecule has 1 saturated heterocycles. The van der Waals surface area contributed by atoms with Crippen LogP contribution in [0.2, 0.25) is 0 Å². The third-order valence-corrected chi connectivity index (χ3v) is 5.81. The molecule has 3 aliphatic heterocycles. The van der Waals surface area contributed by atoms with Gasteiger partial charge in [-0.1, -0.05) is 6.07 Å². The fourth-order valence-corrected chi connectivity index (χ4v) is 4.15. The van der Waals surface area contributed by atoms with E-state index in [1.54, 1.807) is 5.32 Å². The summed E-state index contributed by atoms with van der Waals surface area (Å²) in [6, 6.07) is 9.14. The molecule has 3 heterocycles. The van der Waals surface area contributed by atoms with E-state index in [4.69, 9.17) is 25.6 Å². The topological polar surface area (TPSA) is 116 Å². The molecule has 5 rings (SSSR count). The highest BCUT2D eigenvalue weighted by atomic mass is 19.1. The molecule has 0 bridgehead atoms. The number of quaternary nitrogens is 1. The lowest BCUT2D eigenvalue weighted by Gasteiger charge is -2.34. The van der Waals surface area contributed by atoms with Crippen molar-refractivity contribution in [3.8, 4) is 11.5 Å². The first kappa shape index (κ1) is 20.4. The highest BCUT2D eigenvalue weighted by molar-refractivity contribution is 6.09. The number of nitrogens with zero attached hydrogens (tertiary/aromatic N) is 4. The number of hydrogen-bond acceptors (Lipinski definition) is 6. The summed E-state index contributed by atoms with van der Waals surface area (Å²) >= 11 is 0. The van der Waals surface area contributed by atoms with Gasteiger partial charge in [0.15, 0.2) is 11.5 Å². The van der Waals surface area contributed by atoms with E-state index >= 15 is 4.39 Å². The monoisotopic (exact) mass is 438 g/mol. The van der Waals surface area contributed by atoms with Gasteiger partial charge in [-0.2, -0.15) is 9.98 Å². The minimum Gasteiger partial charge on any atom is -0.454 e. The van der Waals surface area contributed by atoms with Gasteiger partial charge < -0.3 is 25.0 Å². The molecular formula is C22H25FN7O2+. The number of aliphatic imine (C=N–C) groups is 2. The van der Waals surface area contributed by atoms with E-state index in [1.165, 1.54) is 6.07 Å². The molecule has 9 nitrogen and oxygen atoms in total. The standard InChI is InChI=1S/C22H24FN7O2/c1-29-4-6-30(7-5-29)14-10-15(23)20-16(11-14)26-19(27-21(20)28-22(24)25)9-13-2-3-17-18(8-13)32-12-31-17/h2-3,8,10-11H,4-7,9,12H2,1H3,(H4,24,25,26,27,28)/p+1. The third kappa shape index (κ3) is 4.02. The third-order valence-electron chi connectivity index (χ3n) is 5.81. The highest BCUT2D eigenvalue weighted by Crippen LogP contribution is 2.34. The number of guanidine groups is 1. The first-order valence-electron chi connectivity index (χ1n) is 10.5. The van der Waals surface area contributed by atoms with Crippen molar-refractivity contribution in [1.82, 2.24) is 4.90 Å². The van der Waals surface area contributed by atoms with E-state index in [-0.39, 0.29) is 18.3 Å². The fraction of sp³-hybridized carbons (Fsp3) is 0.318. The van der Waals surface area contributed by atoms with Gasteiger partial charge in [0, 0.05) is 31.9 Å². The Labute approximate surface area is 184 Å². The molecule has 0 unspecified atom stereocenters. The quantitative estimate of drug-likeness (QED) is 0.484. The van der Waals surface area contributed by atoms with Crippen LogP contribution in [0, 0.1) is 11.2 Å². The Morgan fingerprint density at radius 1 is 1.19 bits per heavy atom. The maximum atomic E-state index is 15.2. The van der Waals surface area contributed by atoms with E-state index < -0.39 is 5.82 Å². The maximum Gasteiger partial charge on any atom is 0.246 e. The Hall–Kier alpha value is -3.50. The summed E-state index contributed by atoms with van der Waals surface area (Å²) < 4.78 is 26.1. The predicted molar refractivity (Wildman–Crippen MR) is 120 cm³/mol. The maximum absolute atomic E-state index is 15.2. The second kappa shape index (κ2) is 8.21. The van der Waals surface area contributed by atoms with E-state index in [9.17, 15) is 0 Å². The average molecular weight is 438 g/mol. The summed E-state index contributed by atoms with van der Waals surface area (Å²) in [6.45, 7) is 3.69. The van der Waals surface area contributed by atoms with E-state index in [2.05, 4.69) is 21.8 Å². The molecule has 5 N–H and O–H groups in total. The summed E-state index contributed by atoms with van der Waals surface area (Å²) in [7, 11) is 2.08. The van der Waals surface area contributed by atoms with Crippen LogP contribution in [0.3, 0.4) is 0 Å². The van der Waals surface area contributed by atoms with Crippen LogP contribution in [0.1, 0.15) is 11.1 Å². The zero-order chi connectivity index (χ0) is 22.2. The van der Waals surface area contributed by atoms with Crippen molar-refractivity contribution in [1.29, 1.82) is 5.41 Å². The van der Waals surface area contributed by atoms with Crippen LogP contribution >= 0.6 is 0 Å². The number of hydrogen-bond donors (Lipinski definition) is 3. The van der Waals surface area contributed by atoms with E-state index in [0.29, 0.717) is 35.3 Å². The number of benzene rings is 2. The Bertz CT molecular complexity index is 1140. The molecule has 32 heavy (non-hydrogen) atoms. The number of anilines is 1. The van der Waals surface area contributed by atoms with Crippen molar-refractivity contribution >= 4 is 29.0 Å². The van der Waals surface area contributed by atoms with Crippen molar-refractivity contribution in [2.45, 2.75) is 6.42 Å². The molecule has 0 aromatic heterocycles. The Balaban J connectivity index is 1.50. The van der Waals surface area contributed by atoms with Gasteiger partial charge in [0.2, 0.25) is 24.4 Å². The molecule has 0 radical (unpaired) electrons. The van der Waals surface area contributed by atoms with E-state index in [1.807, 2.05) is 24.3 Å². The second-order valence-corrected chi connectivity index (χ2v) is 8.11. The van der Waals surface area contributed by atoms with Gasteiger partial charge in [0.25, 0.3) is 0 Å². The van der Waals surface area contributed by atoms with Crippen LogP contribution in [0.4, 0.5) is 15.8 Å². The summed E-state index contributed by atoms with van der Waals surface area (Å²) in [5, 5.41) is 9.29. The number of nitrogens with two attached hydrogens (primary N) is 2. The van der Waals surface area contributed by atoms with Crippen LogP contribution in [-0.2, 0) is 6.42 Å². The van der Waals surface area contributed by atoms with Gasteiger partial charge in [-0.15, -0.1) is 0 Å². The molecule has 166 valence electrons. The second-order valence-electron chi connectivity index (χ2n) is 8.11. The van der Waals surface area contributed by atoms with Gasteiger partial charge in [-0.3, -0.25) is 10.7 Å². The van der Waals surface area contributed by atoms with Crippen molar-refractivity contribution in [3.05, 3.63) is 47.3 Å². The lowest BCUT2D eigenvalue weighted by molar-refractivity contribution is -0.410. The van der Waals surface area contributed by atoms with Crippen molar-refractivity contribution in [2.75, 3.05) is 44.9 Å². The van der Waals surface area contributed by atoms with Crippen molar-refractivity contribution < 1.29 is 19.2 Å². The van der Waals surface area contributed by atoms with E-state index in [0.717, 1.165) is 37.4 Å². The Kier molecular flexibility index (Phi) is 5.24. The molecule has 2 aromatic rings. The molecule has 1 fully saturated rings. The van der Waals surface area contributed by atoms with Crippen LogP contribution in [0.5, 0.6) is 11.5 Å². The molecule has 0 aliphatic carbocycles. The SMILES string of the molecule is CN1CCN(c2cc(F)c3c(c2)N=C(Cc2ccc4c(c2)OCO4)[NH2+]/C3=N\C(=N)N)CC1. The molecule has 10 heteroatoms. The number of nitrogens with one attached hydrogen (secondary N) is 1. The Morgan fingerprint density at radius 3 is 2.75 bits per heavy atom. The number of halogens is 1. The number of piperazine rings is 1. The van der Waals surface area contributed by atoms with Crippen LogP contribution < -0.4 is 25.4 Å². The summed E-state index contributed by atoms with van der Waals surface area (Å²) in [5.74, 6) is 1.62. The Morgan fingerprint density at radius 2 is 1.97 bits per heavy atom. The van der Waals surface area contributed by atoms with Gasteiger partial charge in [0.05, 0.1) is 12.1 Å². The van der Waals surface area contributed by atoms with Gasteiger partial charge in [-0.05, 0) is 36.9 Å². The zero-order valence-corrected chi connectivity index (χ0v) is 17.8. The largest absolute Gasteiger partial charge is 0.454 e. The van der Waals surface area contributed by atoms with Gasteiger partial charge >= 0.3 is 0 Å². The summed E-state index contributed by atoms with van der Waals surface area (Å²) in [6.07, 6.45) is 0.493. The average Bonchev–Trinajstić information content (AvgIpc) is 3.21. The van der Waals surface area contributed by atoms with Crippen molar-refractivity contribution in [3.63, 3.8) is 0 Å². The first-order chi connectivity index (χ1) is 15.5. The number of likely N-dealkylation sites (N-methyl/N-ethyl adjacent to an activating group) is 1. The fourth-order valence-electron chi connectivity index (χ4n) is 4.15. The minimum absolute atomic E-state index is 0.211. The zero-order valence-electron chi connectivity index (χ0n) is 17.8. The number of amidine groups is 2. The molecule has 0 saturated carbocycles. The number of ether oxygens (including phenoxy) is 2. The van der Waals surface area contributed by atoms with Crippen LogP contribution in [0.25, 0.3) is 0 Å². The molecular weight excluding hydrogens is 413 g/mol. The summed E-state index contributed by atoms with van der Waals surface area (Å²) in [5.41, 5.74) is 8.06. The molecule has 0 amide bonds. The first-order valence-corrected chi connectivity index (χ1v) is 10.5. The molecule has 0 atom stereocenters. The van der Waals surface area contributed by atoms with Gasteiger partial charge in [-0.25, -0.2) is 4.39 Å². The minimum atomic E-state index is -0.418. The predicted octanol–water partition coefficient (Wildman–Crippen LogP) is 0.796. The molecule has 0 spiro atoms. The number of fused-ring (bicyclic) bond motifs is 2. The summed E-state index contributed by atoms with van der Waals surface area (Å²) in [4.78, 5) is 13.2. The highest BCUT2D eigenvalue weighted by Gasteiger charge is 2.29. The molecule has 2 aromatic carbocycles. The van der Waals surface area contributed by atoms with Gasteiger partial charge in [0.1, 0.15) is 11.4 Å². The number of rotatable bonds is 3. The molecule has 3 aliphatic rings. The van der Waals surface area contributed by atoms with Crippen molar-refractivity contribution in [2.24, 2.45) is 15.7 Å². The lowest BCUT2D eigenvalue weighted by atomic mass is 10.0. The smallest absolute Gasteiger partial charge is 0.246 e. The lowest BCUT2D eigenvalue weighted by Crippen LogP contribution is -2.93. The van der Waals surface area contributed by atoms with Crippen LogP contribution in [0.15, 0.2) is 40.3 Å². The normalized spacial score (nSPS) is 19.1.